The molecular weight excluding hydrogens is 384 g/mol. The quantitative estimate of drug-likeness (QED) is 0.202. The maximum absolute atomic E-state index is 11.3. The first kappa shape index (κ1) is 21.8. The van der Waals surface area contributed by atoms with Gasteiger partial charge < -0.3 is 21.3 Å². The molecule has 2 aromatic rings. The molecule has 1 aromatic heterocycles. The highest BCUT2D eigenvalue weighted by Crippen LogP contribution is 2.19. The molecule has 28 heavy (non-hydrogen) atoms. The minimum absolute atomic E-state index is 0.0198. The minimum atomic E-state index is -4.31. The van der Waals surface area contributed by atoms with E-state index < -0.39 is 10.1 Å². The van der Waals surface area contributed by atoms with E-state index in [1.807, 2.05) is 0 Å². The Morgan fingerprint density at radius 3 is 2.71 bits per heavy atom. The van der Waals surface area contributed by atoms with Gasteiger partial charge in [0.2, 0.25) is 17.8 Å². The van der Waals surface area contributed by atoms with Crippen molar-refractivity contribution in [2.24, 2.45) is 0 Å². The van der Waals surface area contributed by atoms with Crippen LogP contribution in [0.1, 0.15) is 19.8 Å². The van der Waals surface area contributed by atoms with E-state index in [1.54, 1.807) is 18.0 Å². The van der Waals surface area contributed by atoms with Crippen molar-refractivity contribution in [3.63, 3.8) is 0 Å². The lowest BCUT2D eigenvalue weighted by molar-refractivity contribution is 0.483. The number of hydrogen-bond donors (Lipinski definition) is 5. The van der Waals surface area contributed by atoms with Crippen LogP contribution in [-0.2, 0) is 10.1 Å². The van der Waals surface area contributed by atoms with Crippen molar-refractivity contribution in [1.29, 1.82) is 0 Å². The first-order valence-corrected chi connectivity index (χ1v) is 10.2. The van der Waals surface area contributed by atoms with Crippen LogP contribution in [0.4, 0.5) is 23.5 Å². The predicted molar refractivity (Wildman–Crippen MR) is 108 cm³/mol. The van der Waals surface area contributed by atoms with Crippen LogP contribution < -0.4 is 26.6 Å². The first-order chi connectivity index (χ1) is 13.3. The Labute approximate surface area is 164 Å². The van der Waals surface area contributed by atoms with Gasteiger partial charge in [0.25, 0.3) is 10.1 Å². The van der Waals surface area contributed by atoms with Gasteiger partial charge in [0.15, 0.2) is 0 Å². The average Bonchev–Trinajstić information content (AvgIpc) is 2.63. The van der Waals surface area contributed by atoms with Crippen molar-refractivity contribution in [2.75, 3.05) is 42.9 Å². The normalized spacial score (nSPS) is 11.4. The Morgan fingerprint density at radius 1 is 1.21 bits per heavy atom. The number of nitrogen functional groups attached to an aromatic ring is 1. The second kappa shape index (κ2) is 10.1. The van der Waals surface area contributed by atoms with Gasteiger partial charge in [0, 0.05) is 19.4 Å². The second-order valence-corrected chi connectivity index (χ2v) is 7.50. The molecule has 0 aliphatic rings. The number of rotatable bonds is 11. The Morgan fingerprint density at radius 2 is 2.00 bits per heavy atom. The number of nitrogens with one attached hydrogen (secondary N) is 3. The molecular formula is C16H26N8O3S. The number of nitrogens with two attached hydrogens (primary N) is 1. The lowest BCUT2D eigenvalue weighted by Crippen LogP contribution is -2.38. The van der Waals surface area contributed by atoms with Crippen LogP contribution in [0.5, 0.6) is 0 Å². The number of aromatic nitrogens is 3. The van der Waals surface area contributed by atoms with E-state index in [0.29, 0.717) is 25.0 Å². The maximum atomic E-state index is 11.3. The SMILES string of the molecule is CCCCNCNCN(C)c1nc(N)nc(Nc2cccc(S(=O)(=O)O)c2)n1. The van der Waals surface area contributed by atoms with E-state index >= 15 is 0 Å². The third-order valence-corrected chi connectivity index (χ3v) is 4.53. The Kier molecular flexibility index (Phi) is 7.87. The first-order valence-electron chi connectivity index (χ1n) is 8.78. The molecule has 0 spiro atoms. The molecule has 0 aliphatic heterocycles. The van der Waals surface area contributed by atoms with Gasteiger partial charge in [-0.1, -0.05) is 19.4 Å². The summed E-state index contributed by atoms with van der Waals surface area (Å²) >= 11 is 0. The minimum Gasteiger partial charge on any atom is -0.368 e. The van der Waals surface area contributed by atoms with Crippen molar-refractivity contribution in [2.45, 2.75) is 24.7 Å². The van der Waals surface area contributed by atoms with E-state index in [2.05, 4.69) is 37.8 Å². The van der Waals surface area contributed by atoms with Gasteiger partial charge in [-0.3, -0.25) is 9.87 Å². The molecule has 0 unspecified atom stereocenters. The lowest BCUT2D eigenvalue weighted by atomic mass is 10.3. The van der Waals surface area contributed by atoms with E-state index in [-0.39, 0.29) is 16.8 Å². The molecule has 12 heteroatoms. The number of unbranched alkanes of at least 4 members (excludes halogenated alkanes) is 1. The third-order valence-electron chi connectivity index (χ3n) is 3.68. The van der Waals surface area contributed by atoms with Crippen molar-refractivity contribution in [3.8, 4) is 0 Å². The summed E-state index contributed by atoms with van der Waals surface area (Å²) in [6, 6.07) is 5.64. The fourth-order valence-electron chi connectivity index (χ4n) is 2.24. The maximum Gasteiger partial charge on any atom is 0.294 e. The zero-order valence-electron chi connectivity index (χ0n) is 15.9. The van der Waals surface area contributed by atoms with Crippen LogP contribution in [0, 0.1) is 0 Å². The average molecular weight is 411 g/mol. The van der Waals surface area contributed by atoms with Crippen LogP contribution in [0.15, 0.2) is 29.2 Å². The summed E-state index contributed by atoms with van der Waals surface area (Å²) in [6.45, 7) is 4.22. The standard InChI is InChI=1S/C16H26N8O3S/c1-3-4-8-18-10-19-11-24(2)16-22-14(17)21-15(23-16)20-12-6-5-7-13(9-12)28(25,26)27/h5-7,9,18-19H,3-4,8,10-11H2,1-2H3,(H,25,26,27)(H3,17,20,21,22,23). The lowest BCUT2D eigenvalue weighted by Gasteiger charge is -2.18. The Balaban J connectivity index is 2.03. The molecule has 0 fully saturated rings. The van der Waals surface area contributed by atoms with E-state index in [9.17, 15) is 8.42 Å². The van der Waals surface area contributed by atoms with Gasteiger partial charge in [-0.15, -0.1) is 0 Å². The third kappa shape index (κ3) is 6.88. The molecule has 0 radical (unpaired) electrons. The molecule has 0 bridgehead atoms. The molecule has 154 valence electrons. The molecule has 0 saturated heterocycles. The summed E-state index contributed by atoms with van der Waals surface area (Å²) < 4.78 is 31.7. The monoisotopic (exact) mass is 410 g/mol. The molecule has 11 nitrogen and oxygen atoms in total. The zero-order chi connectivity index (χ0) is 20.6. The fraction of sp³-hybridized carbons (Fsp3) is 0.438. The summed E-state index contributed by atoms with van der Waals surface area (Å²) in [6.07, 6.45) is 2.26. The van der Waals surface area contributed by atoms with Gasteiger partial charge in [-0.05, 0) is 31.2 Å². The highest BCUT2D eigenvalue weighted by Gasteiger charge is 2.12. The number of nitrogens with zero attached hydrogens (tertiary/aromatic N) is 4. The summed E-state index contributed by atoms with van der Waals surface area (Å²) in [5.74, 6) is 0.524. The molecule has 0 saturated carbocycles. The van der Waals surface area contributed by atoms with Gasteiger partial charge >= 0.3 is 0 Å². The summed E-state index contributed by atoms with van der Waals surface area (Å²) in [5.41, 5.74) is 6.14. The fourth-order valence-corrected chi connectivity index (χ4v) is 2.77. The van der Waals surface area contributed by atoms with Crippen LogP contribution in [0.2, 0.25) is 0 Å². The largest absolute Gasteiger partial charge is 0.368 e. The molecule has 1 aromatic carbocycles. The summed E-state index contributed by atoms with van der Waals surface area (Å²) in [4.78, 5) is 13.9. The molecule has 0 amide bonds. The van der Waals surface area contributed by atoms with Crippen molar-refractivity contribution >= 4 is 33.7 Å². The van der Waals surface area contributed by atoms with Crippen LogP contribution in [-0.4, -0.2) is 54.9 Å². The van der Waals surface area contributed by atoms with Gasteiger partial charge in [-0.25, -0.2) is 0 Å². The predicted octanol–water partition coefficient (Wildman–Crippen LogP) is 0.775. The summed E-state index contributed by atoms with van der Waals surface area (Å²) in [5, 5.41) is 9.35. The van der Waals surface area contributed by atoms with E-state index in [1.165, 1.54) is 18.2 Å². The van der Waals surface area contributed by atoms with Crippen LogP contribution in [0.3, 0.4) is 0 Å². The molecule has 6 N–H and O–H groups in total. The summed E-state index contributed by atoms with van der Waals surface area (Å²) in [7, 11) is -2.50. The van der Waals surface area contributed by atoms with E-state index in [0.717, 1.165) is 19.4 Å². The number of benzene rings is 1. The van der Waals surface area contributed by atoms with E-state index in [4.69, 9.17) is 10.3 Å². The van der Waals surface area contributed by atoms with Crippen molar-refractivity contribution < 1.29 is 13.0 Å². The van der Waals surface area contributed by atoms with Gasteiger partial charge in [-0.2, -0.15) is 23.4 Å². The highest BCUT2D eigenvalue weighted by atomic mass is 32.2. The second-order valence-electron chi connectivity index (χ2n) is 6.08. The highest BCUT2D eigenvalue weighted by molar-refractivity contribution is 7.85. The van der Waals surface area contributed by atoms with Crippen molar-refractivity contribution in [1.82, 2.24) is 25.6 Å². The topological polar surface area (TPSA) is 158 Å². The zero-order valence-corrected chi connectivity index (χ0v) is 16.7. The Bertz CT molecular complexity index is 878. The molecule has 2 rings (SSSR count). The Hall–Kier alpha value is -2.54. The van der Waals surface area contributed by atoms with Crippen molar-refractivity contribution in [3.05, 3.63) is 24.3 Å². The molecule has 0 atom stereocenters. The molecule has 1 heterocycles. The number of hydrogen-bond acceptors (Lipinski definition) is 10. The van der Waals surface area contributed by atoms with Gasteiger partial charge in [0.05, 0.1) is 11.6 Å². The molecule has 0 aliphatic carbocycles. The van der Waals surface area contributed by atoms with Gasteiger partial charge in [0.1, 0.15) is 0 Å². The smallest absolute Gasteiger partial charge is 0.294 e. The van der Waals surface area contributed by atoms with Crippen LogP contribution >= 0.6 is 0 Å². The van der Waals surface area contributed by atoms with Crippen LogP contribution in [0.25, 0.3) is 0 Å². The number of anilines is 4.